The number of benzene rings is 1. The summed E-state index contributed by atoms with van der Waals surface area (Å²) in [7, 11) is 0. The molecule has 0 radical (unpaired) electrons. The molecule has 1 rings (SSSR count). The van der Waals surface area contributed by atoms with Gasteiger partial charge in [0, 0.05) is 24.6 Å². The number of nitrogen functional groups attached to an aromatic ring is 1. The predicted octanol–water partition coefficient (Wildman–Crippen LogP) is 1.73. The summed E-state index contributed by atoms with van der Waals surface area (Å²) in [5.41, 5.74) is 7.43. The van der Waals surface area contributed by atoms with Crippen LogP contribution in [0.5, 0.6) is 0 Å². The number of anilines is 1. The maximum absolute atomic E-state index is 11.6. The van der Waals surface area contributed by atoms with Gasteiger partial charge in [-0.1, -0.05) is 12.1 Å². The van der Waals surface area contributed by atoms with Crippen molar-refractivity contribution in [2.24, 2.45) is 0 Å². The minimum absolute atomic E-state index is 0.0320. The van der Waals surface area contributed by atoms with Crippen LogP contribution in [0.4, 0.5) is 5.69 Å². The quantitative estimate of drug-likeness (QED) is 0.598. The molecule has 0 saturated heterocycles. The summed E-state index contributed by atoms with van der Waals surface area (Å²) in [5.74, 6) is 2.56. The summed E-state index contributed by atoms with van der Waals surface area (Å²) in [6.07, 6.45) is 6.92. The number of nitrogens with two attached hydrogens (primary N) is 1. The van der Waals surface area contributed by atoms with Crippen LogP contribution in [0.15, 0.2) is 24.3 Å². The molecule has 1 aromatic rings. The highest BCUT2D eigenvalue weighted by atomic mass is 16.1. The van der Waals surface area contributed by atoms with E-state index in [1.807, 2.05) is 31.2 Å². The molecule has 0 saturated carbocycles. The number of amides is 1. The second-order valence-electron chi connectivity index (χ2n) is 4.12. The molecule has 0 aromatic heterocycles. The van der Waals surface area contributed by atoms with Crippen LogP contribution in [-0.2, 0) is 11.2 Å². The van der Waals surface area contributed by atoms with Crippen molar-refractivity contribution in [1.82, 2.24) is 5.32 Å². The van der Waals surface area contributed by atoms with Crippen molar-refractivity contribution in [2.45, 2.75) is 32.2 Å². The van der Waals surface area contributed by atoms with E-state index in [1.165, 1.54) is 0 Å². The van der Waals surface area contributed by atoms with Crippen LogP contribution >= 0.6 is 0 Å². The van der Waals surface area contributed by atoms with Crippen molar-refractivity contribution in [3.05, 3.63) is 29.8 Å². The Balaban J connectivity index is 2.33. The van der Waals surface area contributed by atoms with E-state index in [0.29, 0.717) is 12.8 Å². The van der Waals surface area contributed by atoms with E-state index < -0.39 is 0 Å². The lowest BCUT2D eigenvalue weighted by molar-refractivity contribution is -0.121. The first-order chi connectivity index (χ1) is 8.11. The molecule has 0 aliphatic heterocycles. The smallest absolute Gasteiger partial charge is 0.220 e. The van der Waals surface area contributed by atoms with E-state index in [1.54, 1.807) is 0 Å². The fourth-order valence-corrected chi connectivity index (χ4v) is 1.52. The number of aryl methyl sites for hydroxylation is 1. The minimum Gasteiger partial charge on any atom is -0.399 e. The summed E-state index contributed by atoms with van der Waals surface area (Å²) in [6, 6.07) is 7.60. The van der Waals surface area contributed by atoms with Crippen LogP contribution in [0.1, 0.15) is 25.3 Å². The summed E-state index contributed by atoms with van der Waals surface area (Å²) in [5, 5.41) is 2.86. The number of rotatable bonds is 5. The third-order valence-corrected chi connectivity index (χ3v) is 2.45. The summed E-state index contributed by atoms with van der Waals surface area (Å²) in [6.45, 7) is 1.90. The molecule has 3 nitrogen and oxygen atoms in total. The summed E-state index contributed by atoms with van der Waals surface area (Å²) in [4.78, 5) is 11.6. The zero-order valence-corrected chi connectivity index (χ0v) is 10.1. The van der Waals surface area contributed by atoms with Gasteiger partial charge < -0.3 is 11.1 Å². The van der Waals surface area contributed by atoms with E-state index in [4.69, 9.17) is 12.2 Å². The lowest BCUT2D eigenvalue weighted by atomic mass is 10.1. The van der Waals surface area contributed by atoms with Gasteiger partial charge in [0.25, 0.3) is 0 Å². The molecule has 3 heteroatoms. The maximum atomic E-state index is 11.6. The molecule has 0 spiro atoms. The first kappa shape index (κ1) is 13.1. The number of terminal acetylenes is 1. The molecule has 0 bridgehead atoms. The topological polar surface area (TPSA) is 55.1 Å². The van der Waals surface area contributed by atoms with Crippen LogP contribution in [0.25, 0.3) is 0 Å². The second-order valence-corrected chi connectivity index (χ2v) is 4.12. The Morgan fingerprint density at radius 3 is 2.71 bits per heavy atom. The number of carbonyl (C=O) groups excluding carboxylic acids is 1. The highest BCUT2D eigenvalue weighted by molar-refractivity contribution is 5.76. The highest BCUT2D eigenvalue weighted by Gasteiger charge is 2.06. The average Bonchev–Trinajstić information content (AvgIpc) is 2.28. The predicted molar refractivity (Wildman–Crippen MR) is 70.2 cm³/mol. The maximum Gasteiger partial charge on any atom is 0.220 e. The van der Waals surface area contributed by atoms with Crippen molar-refractivity contribution in [2.75, 3.05) is 5.73 Å². The zero-order chi connectivity index (χ0) is 12.7. The lowest BCUT2D eigenvalue weighted by Crippen LogP contribution is -2.32. The molecule has 1 atom stereocenters. The molecule has 17 heavy (non-hydrogen) atoms. The van der Waals surface area contributed by atoms with Crippen molar-refractivity contribution in [1.29, 1.82) is 0 Å². The van der Waals surface area contributed by atoms with Gasteiger partial charge in [0.05, 0.1) is 0 Å². The van der Waals surface area contributed by atoms with Gasteiger partial charge in [-0.2, -0.15) is 0 Å². The number of carbonyl (C=O) groups is 1. The number of hydrogen-bond acceptors (Lipinski definition) is 2. The van der Waals surface area contributed by atoms with Gasteiger partial charge in [0.2, 0.25) is 5.91 Å². The molecule has 1 amide bonds. The van der Waals surface area contributed by atoms with E-state index in [-0.39, 0.29) is 11.9 Å². The van der Waals surface area contributed by atoms with Crippen LogP contribution in [0, 0.1) is 12.3 Å². The Bertz CT molecular complexity index is 403. The SMILES string of the molecule is C#CCC(C)NC(=O)CCc1ccc(N)cc1. The number of hydrogen-bond donors (Lipinski definition) is 2. The Morgan fingerprint density at radius 1 is 1.47 bits per heavy atom. The van der Waals surface area contributed by atoms with Crippen molar-refractivity contribution in [3.63, 3.8) is 0 Å². The van der Waals surface area contributed by atoms with Gasteiger partial charge in [-0.05, 0) is 31.0 Å². The summed E-state index contributed by atoms with van der Waals surface area (Å²) < 4.78 is 0. The molecule has 0 heterocycles. The number of nitrogens with one attached hydrogen (secondary N) is 1. The van der Waals surface area contributed by atoms with Gasteiger partial charge in [-0.15, -0.1) is 12.3 Å². The highest BCUT2D eigenvalue weighted by Crippen LogP contribution is 2.07. The first-order valence-electron chi connectivity index (χ1n) is 5.69. The van der Waals surface area contributed by atoms with Gasteiger partial charge >= 0.3 is 0 Å². The lowest BCUT2D eigenvalue weighted by Gasteiger charge is -2.10. The Hall–Kier alpha value is -1.95. The van der Waals surface area contributed by atoms with E-state index in [2.05, 4.69) is 11.2 Å². The second kappa shape index (κ2) is 6.59. The average molecular weight is 230 g/mol. The standard InChI is InChI=1S/C14H18N2O/c1-3-4-11(2)16-14(17)10-7-12-5-8-13(15)9-6-12/h1,5-6,8-9,11H,4,7,10,15H2,2H3,(H,16,17). The van der Waals surface area contributed by atoms with Gasteiger partial charge in [-0.3, -0.25) is 4.79 Å². The van der Waals surface area contributed by atoms with Crippen LogP contribution in [0.2, 0.25) is 0 Å². The molecule has 3 N–H and O–H groups in total. The van der Waals surface area contributed by atoms with E-state index in [9.17, 15) is 4.79 Å². The zero-order valence-electron chi connectivity index (χ0n) is 10.1. The van der Waals surface area contributed by atoms with Crippen LogP contribution < -0.4 is 11.1 Å². The van der Waals surface area contributed by atoms with Crippen LogP contribution in [0.3, 0.4) is 0 Å². The molecular formula is C14H18N2O. The normalized spacial score (nSPS) is 11.5. The van der Waals surface area contributed by atoms with Crippen molar-refractivity contribution < 1.29 is 4.79 Å². The van der Waals surface area contributed by atoms with Crippen molar-refractivity contribution >= 4 is 11.6 Å². The first-order valence-corrected chi connectivity index (χ1v) is 5.69. The summed E-state index contributed by atoms with van der Waals surface area (Å²) >= 11 is 0. The minimum atomic E-state index is 0.0320. The Labute approximate surface area is 102 Å². The van der Waals surface area contributed by atoms with Gasteiger partial charge in [0.1, 0.15) is 0 Å². The Morgan fingerprint density at radius 2 is 2.12 bits per heavy atom. The monoisotopic (exact) mass is 230 g/mol. The fourth-order valence-electron chi connectivity index (χ4n) is 1.52. The third-order valence-electron chi connectivity index (χ3n) is 2.45. The molecule has 1 aromatic carbocycles. The molecule has 1 unspecified atom stereocenters. The van der Waals surface area contributed by atoms with E-state index >= 15 is 0 Å². The van der Waals surface area contributed by atoms with Gasteiger partial charge in [0.15, 0.2) is 0 Å². The fraction of sp³-hybridized carbons (Fsp3) is 0.357. The van der Waals surface area contributed by atoms with Crippen molar-refractivity contribution in [3.8, 4) is 12.3 Å². The molecule has 0 aliphatic carbocycles. The van der Waals surface area contributed by atoms with E-state index in [0.717, 1.165) is 17.7 Å². The Kier molecular flexibility index (Phi) is 5.09. The third kappa shape index (κ3) is 5.07. The van der Waals surface area contributed by atoms with Crippen LogP contribution in [-0.4, -0.2) is 11.9 Å². The molecular weight excluding hydrogens is 212 g/mol. The molecule has 0 aliphatic rings. The molecule has 90 valence electrons. The largest absolute Gasteiger partial charge is 0.399 e. The molecule has 0 fully saturated rings. The van der Waals surface area contributed by atoms with Gasteiger partial charge in [-0.25, -0.2) is 0 Å².